The van der Waals surface area contributed by atoms with E-state index in [0.717, 1.165) is 10.2 Å². The summed E-state index contributed by atoms with van der Waals surface area (Å²) >= 11 is 6.08. The molecule has 2 aromatic carbocycles. The molecule has 0 aliphatic rings. The fourth-order valence-corrected chi connectivity index (χ4v) is 2.81. The molecule has 3 rings (SSSR count). The molecule has 0 aliphatic heterocycles. The summed E-state index contributed by atoms with van der Waals surface area (Å²) in [7, 11) is 1.49. The Hall–Kier alpha value is -3.20. The van der Waals surface area contributed by atoms with E-state index in [9.17, 15) is 18.0 Å². The Balaban J connectivity index is 1.82. The minimum absolute atomic E-state index is 0.177. The second-order valence-electron chi connectivity index (χ2n) is 6.25. The number of nitrogens with zero attached hydrogens (tertiary/aromatic N) is 2. The largest absolute Gasteiger partial charge is 0.497 e. The van der Waals surface area contributed by atoms with Gasteiger partial charge in [-0.05, 0) is 30.7 Å². The molecule has 0 fully saturated rings. The van der Waals surface area contributed by atoms with E-state index in [0.29, 0.717) is 17.5 Å². The van der Waals surface area contributed by atoms with Gasteiger partial charge in [0.05, 0.1) is 17.8 Å². The second-order valence-corrected chi connectivity index (χ2v) is 6.65. The van der Waals surface area contributed by atoms with Crippen molar-refractivity contribution >= 4 is 23.2 Å². The van der Waals surface area contributed by atoms with Crippen LogP contribution in [0.2, 0.25) is 5.02 Å². The number of nitrogens with one attached hydrogen (secondary N) is 1. The Kier molecular flexibility index (Phi) is 6.21. The first-order chi connectivity index (χ1) is 14.2. The van der Waals surface area contributed by atoms with E-state index in [1.54, 1.807) is 37.3 Å². The second kappa shape index (κ2) is 8.66. The SMILES string of the molecule is COc1ccc(C)c(NC(=O)COc2cc(C(F)(F)F)nn2-c2ccccc2Cl)c1. The number of halogens is 4. The van der Waals surface area contributed by atoms with E-state index in [1.165, 1.54) is 19.2 Å². The molecule has 30 heavy (non-hydrogen) atoms. The van der Waals surface area contributed by atoms with Crippen LogP contribution in [0.1, 0.15) is 11.3 Å². The molecule has 1 amide bonds. The van der Waals surface area contributed by atoms with Crippen LogP contribution in [0.3, 0.4) is 0 Å². The number of para-hydroxylation sites is 1. The zero-order valence-corrected chi connectivity index (χ0v) is 16.7. The van der Waals surface area contributed by atoms with Gasteiger partial charge in [0.1, 0.15) is 5.75 Å². The fourth-order valence-electron chi connectivity index (χ4n) is 2.59. The lowest BCUT2D eigenvalue weighted by molar-refractivity contribution is -0.141. The maximum absolute atomic E-state index is 13.1. The molecule has 0 atom stereocenters. The van der Waals surface area contributed by atoms with Crippen molar-refractivity contribution in [3.05, 3.63) is 64.8 Å². The van der Waals surface area contributed by atoms with Crippen molar-refractivity contribution in [3.8, 4) is 17.3 Å². The Bertz CT molecular complexity index is 1070. The first-order valence-corrected chi connectivity index (χ1v) is 9.06. The van der Waals surface area contributed by atoms with Crippen molar-refractivity contribution in [3.63, 3.8) is 0 Å². The summed E-state index contributed by atoms with van der Waals surface area (Å²) in [5, 5.41) is 6.36. The fraction of sp³-hybridized carbons (Fsp3) is 0.200. The van der Waals surface area contributed by atoms with E-state index in [4.69, 9.17) is 21.1 Å². The van der Waals surface area contributed by atoms with Crippen LogP contribution in [0.4, 0.5) is 18.9 Å². The Morgan fingerprint density at radius 1 is 1.20 bits per heavy atom. The lowest BCUT2D eigenvalue weighted by Gasteiger charge is -2.12. The highest BCUT2D eigenvalue weighted by Gasteiger charge is 2.36. The molecular formula is C20H17ClF3N3O3. The summed E-state index contributed by atoms with van der Waals surface area (Å²) in [5.74, 6) is -0.289. The van der Waals surface area contributed by atoms with E-state index >= 15 is 0 Å². The summed E-state index contributed by atoms with van der Waals surface area (Å²) in [6.45, 7) is 1.25. The van der Waals surface area contributed by atoms with Crippen molar-refractivity contribution in [2.45, 2.75) is 13.1 Å². The number of aryl methyl sites for hydroxylation is 1. The van der Waals surface area contributed by atoms with Crippen molar-refractivity contribution in [1.82, 2.24) is 9.78 Å². The third-order valence-corrected chi connectivity index (χ3v) is 4.44. The van der Waals surface area contributed by atoms with Crippen molar-refractivity contribution in [2.75, 3.05) is 19.0 Å². The molecule has 1 N–H and O–H groups in total. The van der Waals surface area contributed by atoms with E-state index in [1.807, 2.05) is 0 Å². The van der Waals surface area contributed by atoms with Gasteiger partial charge in [-0.25, -0.2) is 0 Å². The minimum Gasteiger partial charge on any atom is -0.497 e. The van der Waals surface area contributed by atoms with Gasteiger partial charge in [0.15, 0.2) is 12.3 Å². The van der Waals surface area contributed by atoms with Crippen LogP contribution in [-0.2, 0) is 11.0 Å². The van der Waals surface area contributed by atoms with Crippen LogP contribution in [0.15, 0.2) is 48.5 Å². The van der Waals surface area contributed by atoms with E-state index < -0.39 is 24.4 Å². The Morgan fingerprint density at radius 3 is 2.60 bits per heavy atom. The zero-order valence-electron chi connectivity index (χ0n) is 16.0. The monoisotopic (exact) mass is 439 g/mol. The van der Waals surface area contributed by atoms with Crippen molar-refractivity contribution < 1.29 is 27.4 Å². The molecule has 0 bridgehead atoms. The molecule has 0 saturated heterocycles. The summed E-state index contributed by atoms with van der Waals surface area (Å²) in [4.78, 5) is 12.3. The topological polar surface area (TPSA) is 65.4 Å². The number of carbonyl (C=O) groups excluding carboxylic acids is 1. The summed E-state index contributed by atoms with van der Waals surface area (Å²) in [6.07, 6.45) is -4.69. The zero-order chi connectivity index (χ0) is 21.9. The molecular weight excluding hydrogens is 423 g/mol. The first kappa shape index (κ1) is 21.5. The van der Waals surface area contributed by atoms with Gasteiger partial charge in [0, 0.05) is 17.8 Å². The molecule has 0 spiro atoms. The highest BCUT2D eigenvalue weighted by molar-refractivity contribution is 6.32. The highest BCUT2D eigenvalue weighted by atomic mass is 35.5. The predicted molar refractivity (Wildman–Crippen MR) is 105 cm³/mol. The van der Waals surface area contributed by atoms with Crippen LogP contribution in [0.5, 0.6) is 11.6 Å². The van der Waals surface area contributed by atoms with E-state index in [2.05, 4.69) is 10.4 Å². The maximum Gasteiger partial charge on any atom is 0.435 e. The number of aromatic nitrogens is 2. The minimum atomic E-state index is -4.69. The van der Waals surface area contributed by atoms with Gasteiger partial charge in [-0.3, -0.25) is 4.79 Å². The smallest absolute Gasteiger partial charge is 0.435 e. The van der Waals surface area contributed by atoms with Gasteiger partial charge in [-0.2, -0.15) is 23.0 Å². The number of anilines is 1. The Labute approximate surface area is 175 Å². The third kappa shape index (κ3) is 4.85. The summed E-state index contributed by atoms with van der Waals surface area (Å²) < 4.78 is 50.8. The molecule has 1 aromatic heterocycles. The van der Waals surface area contributed by atoms with Crippen LogP contribution < -0.4 is 14.8 Å². The van der Waals surface area contributed by atoms with E-state index in [-0.39, 0.29) is 16.6 Å². The predicted octanol–water partition coefficient (Wildman–Crippen LogP) is 4.88. The molecule has 10 heteroatoms. The number of methoxy groups -OCH3 is 1. The van der Waals surface area contributed by atoms with Gasteiger partial charge in [0.2, 0.25) is 5.88 Å². The lowest BCUT2D eigenvalue weighted by atomic mass is 10.2. The number of benzene rings is 2. The van der Waals surface area contributed by atoms with Gasteiger partial charge in [-0.15, -0.1) is 0 Å². The van der Waals surface area contributed by atoms with Crippen LogP contribution in [0, 0.1) is 6.92 Å². The molecule has 0 aliphatic carbocycles. The number of carbonyl (C=O) groups is 1. The standard InChI is InChI=1S/C20H17ClF3N3O3/c1-12-7-8-13(29-2)9-15(12)25-18(28)11-30-19-10-17(20(22,23)24)26-27(19)16-6-4-3-5-14(16)21/h3-10H,11H2,1-2H3,(H,25,28). The van der Waals surface area contributed by atoms with Gasteiger partial charge < -0.3 is 14.8 Å². The number of rotatable bonds is 6. The van der Waals surface area contributed by atoms with Crippen LogP contribution >= 0.6 is 11.6 Å². The van der Waals surface area contributed by atoms with Gasteiger partial charge >= 0.3 is 6.18 Å². The molecule has 3 aromatic rings. The maximum atomic E-state index is 13.1. The number of hydrogen-bond acceptors (Lipinski definition) is 4. The molecule has 6 nitrogen and oxygen atoms in total. The number of amides is 1. The quantitative estimate of drug-likeness (QED) is 0.594. The number of alkyl halides is 3. The Morgan fingerprint density at radius 2 is 1.93 bits per heavy atom. The molecule has 1 heterocycles. The normalized spacial score (nSPS) is 11.3. The number of hydrogen-bond donors (Lipinski definition) is 1. The van der Waals surface area contributed by atoms with Crippen molar-refractivity contribution in [2.24, 2.45) is 0 Å². The molecule has 158 valence electrons. The average molecular weight is 440 g/mol. The van der Waals surface area contributed by atoms with Gasteiger partial charge in [0.25, 0.3) is 5.91 Å². The van der Waals surface area contributed by atoms with Crippen LogP contribution in [-0.4, -0.2) is 29.4 Å². The molecule has 0 unspecified atom stereocenters. The third-order valence-electron chi connectivity index (χ3n) is 4.12. The van der Waals surface area contributed by atoms with Crippen molar-refractivity contribution in [1.29, 1.82) is 0 Å². The summed E-state index contributed by atoms with van der Waals surface area (Å²) in [5.41, 5.74) is 0.304. The number of ether oxygens (including phenoxy) is 2. The first-order valence-electron chi connectivity index (χ1n) is 8.68. The van der Waals surface area contributed by atoms with Gasteiger partial charge in [-0.1, -0.05) is 29.8 Å². The molecule has 0 radical (unpaired) electrons. The lowest BCUT2D eigenvalue weighted by Crippen LogP contribution is -2.21. The summed E-state index contributed by atoms with van der Waals surface area (Å²) in [6, 6.07) is 12.1. The average Bonchev–Trinajstić information content (AvgIpc) is 3.13. The molecule has 0 saturated carbocycles. The highest BCUT2D eigenvalue weighted by Crippen LogP contribution is 2.33. The van der Waals surface area contributed by atoms with Crippen LogP contribution in [0.25, 0.3) is 5.69 Å².